The fraction of sp³-hybridized carbons (Fsp3) is 0.167. The van der Waals surface area contributed by atoms with Gasteiger partial charge in [-0.3, -0.25) is 29.5 Å². The zero-order valence-corrected chi connectivity index (χ0v) is 31.2. The van der Waals surface area contributed by atoms with E-state index in [4.69, 9.17) is 22.3 Å². The summed E-state index contributed by atoms with van der Waals surface area (Å²) in [5.41, 5.74) is 12.1. The number of nitro groups is 1. The number of benzodiazepines with no additional fused rings is 1. The van der Waals surface area contributed by atoms with Crippen LogP contribution in [0, 0.1) is 22.9 Å². The minimum atomic E-state index is -0.536. The van der Waals surface area contributed by atoms with Crippen LogP contribution in [0.15, 0.2) is 131 Å². The van der Waals surface area contributed by atoms with Crippen molar-refractivity contribution in [3.63, 3.8) is 0 Å². The number of nitro benzene ring substituents is 1. The van der Waals surface area contributed by atoms with Gasteiger partial charge in [0.25, 0.3) is 5.69 Å². The molecule has 1 aromatic heterocycles. The lowest BCUT2D eigenvalue weighted by atomic mass is 9.99. The number of benzene rings is 5. The van der Waals surface area contributed by atoms with Crippen LogP contribution in [0.3, 0.4) is 0 Å². The molecule has 13 heteroatoms. The van der Waals surface area contributed by atoms with E-state index in [0.717, 1.165) is 40.6 Å². The molecule has 2 N–H and O–H groups in total. The van der Waals surface area contributed by atoms with Crippen molar-refractivity contribution in [1.82, 2.24) is 14.8 Å². The van der Waals surface area contributed by atoms with Crippen LogP contribution in [0.5, 0.6) is 0 Å². The Bertz CT molecular complexity index is 2400. The van der Waals surface area contributed by atoms with Gasteiger partial charge in [-0.15, -0.1) is 10.2 Å². The molecule has 5 aromatic carbocycles. The molecule has 0 aliphatic carbocycles. The summed E-state index contributed by atoms with van der Waals surface area (Å²) < 4.78 is 16.2. The van der Waals surface area contributed by atoms with Gasteiger partial charge < -0.3 is 10.6 Å². The summed E-state index contributed by atoms with van der Waals surface area (Å²) in [7, 11) is 1.56. The monoisotopic (exact) mass is 756 g/mol. The number of hydrogen-bond acceptors (Lipinski definition) is 8. The number of aryl methyl sites for hydroxylation is 1. The Morgan fingerprint density at radius 1 is 0.818 bits per heavy atom. The normalized spacial score (nSPS) is 13.5. The lowest BCUT2D eigenvalue weighted by Crippen LogP contribution is -2.27. The molecule has 0 bridgehead atoms. The lowest BCUT2D eigenvalue weighted by molar-refractivity contribution is -0.384. The molecule has 11 nitrogen and oxygen atoms in total. The highest BCUT2D eigenvalue weighted by Gasteiger charge is 2.26. The van der Waals surface area contributed by atoms with Gasteiger partial charge in [0.2, 0.25) is 5.91 Å². The Morgan fingerprint density at radius 3 is 2.15 bits per heavy atom. The van der Waals surface area contributed by atoms with E-state index in [-0.39, 0.29) is 35.5 Å². The summed E-state index contributed by atoms with van der Waals surface area (Å²) in [5, 5.41) is 20.1. The number of amides is 1. The number of carbonyl (C=O) groups excluding carboxylic acids is 1. The van der Waals surface area contributed by atoms with Gasteiger partial charge in [-0.2, -0.15) is 0 Å². The largest absolute Gasteiger partial charge is 0.328 e. The van der Waals surface area contributed by atoms with Crippen LogP contribution in [0.25, 0.3) is 5.69 Å². The highest BCUT2D eigenvalue weighted by atomic mass is 35.5. The minimum absolute atomic E-state index is 0.143. The van der Waals surface area contributed by atoms with Gasteiger partial charge in [0.1, 0.15) is 24.7 Å². The van der Waals surface area contributed by atoms with Crippen LogP contribution in [0.4, 0.5) is 15.8 Å². The first-order chi connectivity index (χ1) is 26.5. The summed E-state index contributed by atoms with van der Waals surface area (Å²) in [6.07, 6.45) is 0.973. The number of aliphatic imine (C=N–C) groups is 2. The third-order valence-electron chi connectivity index (χ3n) is 8.86. The molecule has 0 saturated carbocycles. The molecule has 8 rings (SSSR count). The summed E-state index contributed by atoms with van der Waals surface area (Å²) in [4.78, 5) is 32.9. The Kier molecular flexibility index (Phi) is 12.0. The molecule has 1 unspecified atom stereocenters. The molecule has 1 atom stereocenters. The van der Waals surface area contributed by atoms with E-state index in [1.807, 2.05) is 73.0 Å². The molecule has 2 aliphatic heterocycles. The van der Waals surface area contributed by atoms with Crippen molar-refractivity contribution in [2.45, 2.75) is 32.9 Å². The lowest BCUT2D eigenvalue weighted by Gasteiger charge is -2.17. The number of likely N-dealkylation sites (N-methyl/N-ethyl adjacent to an activating group) is 1. The van der Waals surface area contributed by atoms with Crippen LogP contribution < -0.4 is 10.6 Å². The SMILES string of the molecule is CC(N)Cc1ccccc1.CN1C(=O)CN=C(c2ccccc2F)c2cc([N+](=O)[O-])ccc21.Cc1nnc2n1-c1ccc(Cl)cc1C(c1ccccc1)=NC2. The predicted octanol–water partition coefficient (Wildman–Crippen LogP) is 7.70. The maximum absolute atomic E-state index is 14.1. The van der Waals surface area contributed by atoms with Gasteiger partial charge in [0.05, 0.1) is 27.7 Å². The van der Waals surface area contributed by atoms with Crippen LogP contribution in [-0.2, 0) is 17.8 Å². The number of nitrogens with zero attached hydrogens (tertiary/aromatic N) is 7. The molecule has 0 saturated heterocycles. The average Bonchev–Trinajstić information content (AvgIpc) is 3.39. The molecule has 1 amide bonds. The fourth-order valence-corrected chi connectivity index (χ4v) is 6.43. The number of nitrogens with two attached hydrogens (primary N) is 1. The second-order valence-corrected chi connectivity index (χ2v) is 13.4. The number of hydrogen-bond donors (Lipinski definition) is 1. The van der Waals surface area contributed by atoms with Crippen LogP contribution in [0.2, 0.25) is 5.02 Å². The van der Waals surface area contributed by atoms with Crippen molar-refractivity contribution < 1.29 is 14.1 Å². The number of carbonyl (C=O) groups is 1. The number of anilines is 1. The van der Waals surface area contributed by atoms with E-state index in [1.54, 1.807) is 19.2 Å². The molecular weight excluding hydrogens is 719 g/mol. The zero-order chi connectivity index (χ0) is 39.1. The van der Waals surface area contributed by atoms with E-state index < -0.39 is 10.7 Å². The standard InChI is InChI=1S/C17H13ClN4.C16H12FN3O3.C9H13N/c1-11-20-21-16-10-19-17(12-5-3-2-4-6-12)14-9-13(18)7-8-15(14)22(11)16;1-19-14-7-6-10(20(22)23)8-12(14)16(18-9-15(19)21)11-4-2-3-5-13(11)17;1-8(10)7-9-5-3-2-4-6-9/h2-9H,10H2,1H3;2-8H,9H2,1H3;2-6,8H,7,10H2,1H3. The van der Waals surface area contributed by atoms with Crippen LogP contribution >= 0.6 is 11.6 Å². The average molecular weight is 757 g/mol. The summed E-state index contributed by atoms with van der Waals surface area (Å²) in [5.74, 6) is 0.919. The second kappa shape index (κ2) is 17.2. The molecule has 6 aromatic rings. The van der Waals surface area contributed by atoms with E-state index in [1.165, 1.54) is 40.8 Å². The van der Waals surface area contributed by atoms with Gasteiger partial charge >= 0.3 is 0 Å². The highest BCUT2D eigenvalue weighted by molar-refractivity contribution is 6.31. The summed E-state index contributed by atoms with van der Waals surface area (Å²) >= 11 is 6.23. The van der Waals surface area contributed by atoms with Crippen molar-refractivity contribution in [2.24, 2.45) is 15.7 Å². The van der Waals surface area contributed by atoms with E-state index in [9.17, 15) is 19.3 Å². The van der Waals surface area contributed by atoms with Crippen molar-refractivity contribution in [1.29, 1.82) is 0 Å². The maximum Gasteiger partial charge on any atom is 0.270 e. The van der Waals surface area contributed by atoms with Crippen LogP contribution in [-0.4, -0.2) is 56.7 Å². The molecule has 55 heavy (non-hydrogen) atoms. The number of rotatable bonds is 5. The summed E-state index contributed by atoms with van der Waals surface area (Å²) in [6.45, 7) is 4.31. The van der Waals surface area contributed by atoms with Gasteiger partial charge in [-0.05, 0) is 62.2 Å². The van der Waals surface area contributed by atoms with Crippen molar-refractivity contribution in [3.8, 4) is 5.69 Å². The first-order valence-electron chi connectivity index (χ1n) is 17.5. The third-order valence-corrected chi connectivity index (χ3v) is 9.09. The molecular formula is C42H38ClFN8O3. The van der Waals surface area contributed by atoms with Crippen LogP contribution in [0.1, 0.15) is 46.4 Å². The van der Waals surface area contributed by atoms with Crippen molar-refractivity contribution in [3.05, 3.63) is 182 Å². The highest BCUT2D eigenvalue weighted by Crippen LogP contribution is 2.31. The van der Waals surface area contributed by atoms with E-state index in [0.29, 0.717) is 22.8 Å². The second-order valence-electron chi connectivity index (χ2n) is 12.9. The summed E-state index contributed by atoms with van der Waals surface area (Å²) in [6, 6.07) is 36.7. The van der Waals surface area contributed by atoms with Gasteiger partial charge in [0.15, 0.2) is 5.82 Å². The Balaban J connectivity index is 0.000000151. The molecule has 2 aliphatic rings. The molecule has 3 heterocycles. The number of non-ortho nitro benzene ring substituents is 1. The molecule has 0 radical (unpaired) electrons. The number of halogens is 2. The number of aromatic nitrogens is 3. The quantitative estimate of drug-likeness (QED) is 0.141. The fourth-order valence-electron chi connectivity index (χ4n) is 6.25. The van der Waals surface area contributed by atoms with Gasteiger partial charge in [0, 0.05) is 52.5 Å². The van der Waals surface area contributed by atoms with Gasteiger partial charge in [-0.25, -0.2) is 4.39 Å². The first kappa shape index (κ1) is 38.4. The Labute approximate surface area is 322 Å². The Hall–Kier alpha value is -6.37. The molecule has 278 valence electrons. The third kappa shape index (κ3) is 8.89. The topological polar surface area (TPSA) is 145 Å². The van der Waals surface area contributed by atoms with Crippen molar-refractivity contribution in [2.75, 3.05) is 18.5 Å². The first-order valence-corrected chi connectivity index (χ1v) is 17.8. The van der Waals surface area contributed by atoms with E-state index >= 15 is 0 Å². The zero-order valence-electron chi connectivity index (χ0n) is 30.4. The maximum atomic E-state index is 14.1. The Morgan fingerprint density at radius 2 is 1.45 bits per heavy atom. The van der Waals surface area contributed by atoms with Crippen molar-refractivity contribution >= 4 is 40.3 Å². The molecule has 0 fully saturated rings. The smallest absolute Gasteiger partial charge is 0.270 e. The van der Waals surface area contributed by atoms with E-state index in [2.05, 4.69) is 39.5 Å². The minimum Gasteiger partial charge on any atom is -0.328 e. The van der Waals surface area contributed by atoms with Gasteiger partial charge in [-0.1, -0.05) is 84.4 Å². The predicted molar refractivity (Wildman–Crippen MR) is 214 cm³/mol. The number of fused-ring (bicyclic) bond motifs is 4. The molecule has 0 spiro atoms.